The van der Waals surface area contributed by atoms with Crippen LogP contribution < -0.4 is 0 Å². The summed E-state index contributed by atoms with van der Waals surface area (Å²) in [6.07, 6.45) is 12.6. The van der Waals surface area contributed by atoms with Gasteiger partial charge in [-0.3, -0.25) is 4.79 Å². The molecule has 0 aromatic carbocycles. The molecule has 0 aromatic heterocycles. The number of carbonyl (C=O) groups excluding carboxylic acids is 1. The predicted molar refractivity (Wildman–Crippen MR) is 96.4 cm³/mol. The molecule has 0 aromatic rings. The number of rotatable bonds is 2. The summed E-state index contributed by atoms with van der Waals surface area (Å²) in [6, 6.07) is 0. The van der Waals surface area contributed by atoms with Gasteiger partial charge in [0.2, 0.25) is 0 Å². The summed E-state index contributed by atoms with van der Waals surface area (Å²) in [5.74, 6) is 3.57. The van der Waals surface area contributed by atoms with E-state index in [1.165, 1.54) is 32.1 Å². The van der Waals surface area contributed by atoms with Crippen molar-refractivity contribution in [1.82, 2.24) is 0 Å². The number of Topliss-reactive ketones (excluding diaryl/α,β-unsaturated/α-hetero) is 1. The van der Waals surface area contributed by atoms with Gasteiger partial charge in [0, 0.05) is 11.3 Å². The van der Waals surface area contributed by atoms with Gasteiger partial charge in [0.15, 0.2) is 0 Å². The zero-order valence-corrected chi connectivity index (χ0v) is 15.5. The molecular weight excluding hydrogens is 296 g/mol. The summed E-state index contributed by atoms with van der Waals surface area (Å²) in [6.45, 7) is 8.53. The minimum atomic E-state index is -0.0657. The van der Waals surface area contributed by atoms with Gasteiger partial charge in [0.25, 0.3) is 0 Å². The van der Waals surface area contributed by atoms with Gasteiger partial charge in [-0.15, -0.1) is 6.58 Å². The highest BCUT2D eigenvalue weighted by Gasteiger charge is 2.61. The van der Waals surface area contributed by atoms with Crippen LogP contribution in [0.2, 0.25) is 0 Å². The standard InChI is InChI=1S/C22H34O2/c1-4-22-12-10-19-17(20(22)8-7-18(22)14(2)23)6-5-15-13-16(24)9-11-21(15,19)3/h4,15-20,24H,1,5-13H2,2-3H3/t15-,16+,17+,18+,19-,20-,21-,22+/m0/s1. The van der Waals surface area contributed by atoms with Crippen LogP contribution in [0.1, 0.15) is 71.6 Å². The second kappa shape index (κ2) is 5.69. The molecule has 0 spiro atoms. The third kappa shape index (κ3) is 2.14. The molecule has 0 amide bonds. The number of carbonyl (C=O) groups is 1. The lowest BCUT2D eigenvalue weighted by Crippen LogP contribution is -2.54. The lowest BCUT2D eigenvalue weighted by molar-refractivity contribution is -0.134. The third-order valence-corrected chi connectivity index (χ3v) is 9.10. The summed E-state index contributed by atoms with van der Waals surface area (Å²) in [4.78, 5) is 12.3. The van der Waals surface area contributed by atoms with Crippen molar-refractivity contribution in [2.45, 2.75) is 77.7 Å². The lowest BCUT2D eigenvalue weighted by Gasteiger charge is -2.61. The second-order valence-electron chi connectivity index (χ2n) is 9.68. The molecular formula is C22H34O2. The number of aliphatic hydroxyl groups excluding tert-OH is 1. The van der Waals surface area contributed by atoms with Crippen molar-refractivity contribution in [2.75, 3.05) is 0 Å². The highest BCUT2D eigenvalue weighted by atomic mass is 16.3. The zero-order chi connectivity index (χ0) is 17.1. The molecule has 4 aliphatic rings. The van der Waals surface area contributed by atoms with Gasteiger partial charge in [-0.2, -0.15) is 0 Å². The highest BCUT2D eigenvalue weighted by Crippen LogP contribution is 2.67. The molecule has 24 heavy (non-hydrogen) atoms. The fourth-order valence-electron chi connectivity index (χ4n) is 7.94. The molecule has 2 heteroatoms. The number of hydrogen-bond acceptors (Lipinski definition) is 2. The van der Waals surface area contributed by atoms with Crippen LogP contribution in [0.5, 0.6) is 0 Å². The van der Waals surface area contributed by atoms with E-state index < -0.39 is 0 Å². The van der Waals surface area contributed by atoms with Crippen LogP contribution in [0.4, 0.5) is 0 Å². The molecule has 0 bridgehead atoms. The van der Waals surface area contributed by atoms with Gasteiger partial charge in [-0.05, 0) is 93.8 Å². The van der Waals surface area contributed by atoms with Crippen LogP contribution in [0, 0.1) is 40.4 Å². The van der Waals surface area contributed by atoms with Gasteiger partial charge < -0.3 is 5.11 Å². The highest BCUT2D eigenvalue weighted by molar-refractivity contribution is 5.80. The molecule has 0 unspecified atom stereocenters. The molecule has 0 saturated heterocycles. The van der Waals surface area contributed by atoms with Gasteiger partial charge in [-0.25, -0.2) is 0 Å². The van der Waals surface area contributed by atoms with Crippen molar-refractivity contribution in [2.24, 2.45) is 40.4 Å². The van der Waals surface area contributed by atoms with Crippen LogP contribution >= 0.6 is 0 Å². The zero-order valence-electron chi connectivity index (χ0n) is 15.5. The van der Waals surface area contributed by atoms with E-state index in [1.807, 2.05) is 0 Å². The lowest BCUT2D eigenvalue weighted by atomic mass is 9.44. The first-order chi connectivity index (χ1) is 11.4. The first-order valence-electron chi connectivity index (χ1n) is 10.2. The van der Waals surface area contributed by atoms with Crippen molar-refractivity contribution in [3.8, 4) is 0 Å². The van der Waals surface area contributed by atoms with Crippen molar-refractivity contribution < 1.29 is 9.90 Å². The van der Waals surface area contributed by atoms with Gasteiger partial charge in [0.1, 0.15) is 5.78 Å². The van der Waals surface area contributed by atoms with E-state index in [0.29, 0.717) is 23.0 Å². The average molecular weight is 331 g/mol. The molecule has 0 aliphatic heterocycles. The second-order valence-corrected chi connectivity index (χ2v) is 9.68. The topological polar surface area (TPSA) is 37.3 Å². The Balaban J connectivity index is 1.65. The molecule has 8 atom stereocenters. The monoisotopic (exact) mass is 330 g/mol. The fraction of sp³-hybridized carbons (Fsp3) is 0.864. The first kappa shape index (κ1) is 16.8. The molecule has 0 radical (unpaired) electrons. The predicted octanol–water partition coefficient (Wildman–Crippen LogP) is 4.76. The van der Waals surface area contributed by atoms with Crippen LogP contribution in [-0.4, -0.2) is 17.0 Å². The normalized spacial score (nSPS) is 53.6. The van der Waals surface area contributed by atoms with Crippen molar-refractivity contribution in [3.63, 3.8) is 0 Å². The van der Waals surface area contributed by atoms with Crippen molar-refractivity contribution >= 4 is 5.78 Å². The number of aliphatic hydroxyl groups is 1. The van der Waals surface area contributed by atoms with Crippen molar-refractivity contribution in [3.05, 3.63) is 12.7 Å². The maximum atomic E-state index is 12.3. The van der Waals surface area contributed by atoms with E-state index in [1.54, 1.807) is 6.92 Å². The maximum Gasteiger partial charge on any atom is 0.133 e. The fourth-order valence-corrected chi connectivity index (χ4v) is 7.94. The maximum absolute atomic E-state index is 12.3. The summed E-state index contributed by atoms with van der Waals surface area (Å²) < 4.78 is 0. The van der Waals surface area contributed by atoms with Gasteiger partial charge in [-0.1, -0.05) is 13.0 Å². The van der Waals surface area contributed by atoms with Crippen molar-refractivity contribution in [1.29, 1.82) is 0 Å². The molecule has 1 N–H and O–H groups in total. The summed E-state index contributed by atoms with van der Waals surface area (Å²) >= 11 is 0. The Morgan fingerprint density at radius 1 is 1.08 bits per heavy atom. The Hall–Kier alpha value is -0.630. The summed E-state index contributed by atoms with van der Waals surface area (Å²) in [5.41, 5.74) is 0.508. The SMILES string of the molecule is C=C[C@]12CC[C@H]3[C@@H](CC[C@H]4C[C@H](O)CC[C@@]43C)[C@@H]1CC[C@@H]2C(C)=O. The van der Waals surface area contributed by atoms with Crippen LogP contribution in [0.25, 0.3) is 0 Å². The Bertz CT molecular complexity index is 540. The summed E-state index contributed by atoms with van der Waals surface area (Å²) in [7, 11) is 0. The van der Waals surface area contributed by atoms with E-state index >= 15 is 0 Å². The number of fused-ring (bicyclic) bond motifs is 5. The third-order valence-electron chi connectivity index (χ3n) is 9.10. The van der Waals surface area contributed by atoms with E-state index in [4.69, 9.17) is 0 Å². The minimum absolute atomic E-state index is 0.0657. The number of hydrogen-bond donors (Lipinski definition) is 1. The molecule has 4 aliphatic carbocycles. The minimum Gasteiger partial charge on any atom is -0.393 e. The molecule has 4 fully saturated rings. The van der Waals surface area contributed by atoms with Crippen LogP contribution in [0.3, 0.4) is 0 Å². The quantitative estimate of drug-likeness (QED) is 0.741. The van der Waals surface area contributed by atoms with Crippen LogP contribution in [-0.2, 0) is 4.79 Å². The average Bonchev–Trinajstić information content (AvgIpc) is 2.95. The number of ketones is 1. The first-order valence-corrected chi connectivity index (χ1v) is 10.2. The molecule has 4 saturated carbocycles. The number of allylic oxidation sites excluding steroid dienone is 1. The molecule has 134 valence electrons. The van der Waals surface area contributed by atoms with Crippen LogP contribution in [0.15, 0.2) is 12.7 Å². The van der Waals surface area contributed by atoms with E-state index in [0.717, 1.165) is 37.5 Å². The molecule has 0 heterocycles. The van der Waals surface area contributed by atoms with Gasteiger partial charge >= 0.3 is 0 Å². The largest absolute Gasteiger partial charge is 0.393 e. The molecule has 4 rings (SSSR count). The van der Waals surface area contributed by atoms with E-state index in [9.17, 15) is 9.90 Å². The molecule has 2 nitrogen and oxygen atoms in total. The Morgan fingerprint density at radius 2 is 1.88 bits per heavy atom. The Morgan fingerprint density at radius 3 is 2.58 bits per heavy atom. The summed E-state index contributed by atoms with van der Waals surface area (Å²) in [5, 5.41) is 10.1. The Kier molecular flexibility index (Phi) is 3.99. The van der Waals surface area contributed by atoms with Gasteiger partial charge in [0.05, 0.1) is 6.10 Å². The van der Waals surface area contributed by atoms with E-state index in [-0.39, 0.29) is 17.4 Å². The Labute approximate surface area is 147 Å². The van der Waals surface area contributed by atoms with E-state index in [2.05, 4.69) is 19.6 Å². The smallest absolute Gasteiger partial charge is 0.133 e.